The Bertz CT molecular complexity index is 303. The highest BCUT2D eigenvalue weighted by molar-refractivity contribution is 9.21. The van der Waals surface area contributed by atoms with E-state index < -0.39 is 12.0 Å². The van der Waals surface area contributed by atoms with Crippen molar-refractivity contribution in [1.29, 1.82) is 0 Å². The lowest BCUT2D eigenvalue weighted by molar-refractivity contribution is -0.139. The number of carboxylic acid groups (broad SMARTS) is 1. The van der Waals surface area contributed by atoms with Gasteiger partial charge in [-0.25, -0.2) is 0 Å². The Morgan fingerprint density at radius 2 is 1.93 bits per heavy atom. The highest BCUT2D eigenvalue weighted by atomic mass is 79.9. The van der Waals surface area contributed by atoms with Gasteiger partial charge in [0.05, 0.1) is 0 Å². The molecule has 0 aliphatic carbocycles. The molecular formula is C9H9Br2NO2. The molecule has 0 radical (unpaired) electrons. The minimum absolute atomic E-state index is 0.451. The van der Waals surface area contributed by atoms with Crippen molar-refractivity contribution in [3.05, 3.63) is 35.9 Å². The average molecular weight is 323 g/mol. The standard InChI is InChI=1S/C9H9Br2NO2/c10-12(11)8(9(13)14)6-7-4-2-1-3-5-7/h1-5,8H,6H2,(H,13,14)/t8-/m0/s1. The molecule has 0 aliphatic heterocycles. The van der Waals surface area contributed by atoms with Crippen LogP contribution in [0.15, 0.2) is 30.3 Å². The number of carboxylic acids is 1. The molecule has 0 aliphatic rings. The van der Waals surface area contributed by atoms with E-state index in [2.05, 4.69) is 32.3 Å². The van der Waals surface area contributed by atoms with Crippen LogP contribution in [0.1, 0.15) is 5.56 Å². The van der Waals surface area contributed by atoms with Crippen LogP contribution in [-0.4, -0.2) is 20.1 Å². The molecule has 3 nitrogen and oxygen atoms in total. The zero-order chi connectivity index (χ0) is 10.6. The normalized spacial score (nSPS) is 12.8. The Morgan fingerprint density at radius 3 is 2.36 bits per heavy atom. The molecule has 0 saturated heterocycles. The first-order chi connectivity index (χ1) is 6.61. The highest BCUT2D eigenvalue weighted by Crippen LogP contribution is 2.16. The van der Waals surface area contributed by atoms with Gasteiger partial charge in [-0.2, -0.15) is 2.95 Å². The average Bonchev–Trinajstić information content (AvgIpc) is 2.15. The van der Waals surface area contributed by atoms with Crippen LogP contribution in [-0.2, 0) is 11.2 Å². The van der Waals surface area contributed by atoms with E-state index in [-0.39, 0.29) is 0 Å². The number of halogens is 2. The summed E-state index contributed by atoms with van der Waals surface area (Å²) in [5.41, 5.74) is 0.990. The van der Waals surface area contributed by atoms with Crippen LogP contribution >= 0.6 is 32.3 Å². The zero-order valence-corrected chi connectivity index (χ0v) is 10.4. The summed E-state index contributed by atoms with van der Waals surface area (Å²) >= 11 is 6.14. The summed E-state index contributed by atoms with van der Waals surface area (Å²) in [5.74, 6) is -0.873. The maximum absolute atomic E-state index is 10.8. The summed E-state index contributed by atoms with van der Waals surface area (Å²) in [4.78, 5) is 10.8. The van der Waals surface area contributed by atoms with Gasteiger partial charge in [0.25, 0.3) is 0 Å². The van der Waals surface area contributed by atoms with Crippen LogP contribution in [0.4, 0.5) is 0 Å². The van der Waals surface area contributed by atoms with E-state index in [1.165, 1.54) is 2.95 Å². The predicted molar refractivity (Wildman–Crippen MR) is 61.3 cm³/mol. The van der Waals surface area contributed by atoms with Crippen molar-refractivity contribution in [2.24, 2.45) is 0 Å². The van der Waals surface area contributed by atoms with E-state index >= 15 is 0 Å². The summed E-state index contributed by atoms with van der Waals surface area (Å²) < 4.78 is 1.34. The third-order valence-corrected chi connectivity index (χ3v) is 2.78. The van der Waals surface area contributed by atoms with Crippen molar-refractivity contribution < 1.29 is 9.90 Å². The molecule has 1 rings (SSSR count). The molecule has 0 bridgehead atoms. The van der Waals surface area contributed by atoms with Crippen LogP contribution in [0.2, 0.25) is 0 Å². The molecule has 1 N–H and O–H groups in total. The zero-order valence-electron chi connectivity index (χ0n) is 7.23. The van der Waals surface area contributed by atoms with E-state index in [1.807, 2.05) is 30.3 Å². The van der Waals surface area contributed by atoms with Crippen LogP contribution in [0.5, 0.6) is 0 Å². The number of nitrogens with zero attached hydrogens (tertiary/aromatic N) is 1. The smallest absolute Gasteiger partial charge is 0.323 e. The minimum Gasteiger partial charge on any atom is -0.480 e. The lowest BCUT2D eigenvalue weighted by Gasteiger charge is -2.15. The molecule has 14 heavy (non-hydrogen) atoms. The minimum atomic E-state index is -0.873. The van der Waals surface area contributed by atoms with Crippen LogP contribution < -0.4 is 0 Å². The van der Waals surface area contributed by atoms with Crippen molar-refractivity contribution in [1.82, 2.24) is 2.95 Å². The maximum atomic E-state index is 10.8. The second-order valence-corrected chi connectivity index (χ2v) is 5.28. The molecule has 0 fully saturated rings. The monoisotopic (exact) mass is 321 g/mol. The third kappa shape index (κ3) is 3.40. The molecule has 0 heterocycles. The topological polar surface area (TPSA) is 40.5 Å². The molecule has 0 saturated carbocycles. The van der Waals surface area contributed by atoms with E-state index in [0.29, 0.717) is 6.42 Å². The molecule has 0 amide bonds. The van der Waals surface area contributed by atoms with Crippen molar-refractivity contribution in [2.45, 2.75) is 12.5 Å². The molecule has 1 aromatic rings. The maximum Gasteiger partial charge on any atom is 0.323 e. The summed E-state index contributed by atoms with van der Waals surface area (Å²) in [6, 6.07) is 8.87. The first-order valence-corrected chi connectivity index (χ1v) is 5.40. The van der Waals surface area contributed by atoms with Gasteiger partial charge in [-0.1, -0.05) is 30.3 Å². The quantitative estimate of drug-likeness (QED) is 0.866. The number of hydrogen-bond donors (Lipinski definition) is 1. The van der Waals surface area contributed by atoms with Crippen molar-refractivity contribution >= 4 is 38.3 Å². The Kier molecular flexibility index (Phi) is 4.57. The van der Waals surface area contributed by atoms with Crippen molar-refractivity contribution in [2.75, 3.05) is 0 Å². The van der Waals surface area contributed by atoms with E-state index in [0.717, 1.165) is 5.56 Å². The van der Waals surface area contributed by atoms with Gasteiger partial charge >= 0.3 is 5.97 Å². The second-order valence-electron chi connectivity index (χ2n) is 2.80. The fourth-order valence-corrected chi connectivity index (χ4v) is 1.72. The van der Waals surface area contributed by atoms with Gasteiger partial charge in [-0.15, -0.1) is 0 Å². The Balaban J connectivity index is 2.70. The third-order valence-electron chi connectivity index (χ3n) is 1.79. The van der Waals surface area contributed by atoms with Crippen molar-refractivity contribution in [3.8, 4) is 0 Å². The Labute approximate surface area is 99.4 Å². The van der Waals surface area contributed by atoms with Gasteiger partial charge in [0, 0.05) is 38.7 Å². The summed E-state index contributed by atoms with van der Waals surface area (Å²) in [7, 11) is 0. The second kappa shape index (κ2) is 5.48. The van der Waals surface area contributed by atoms with Gasteiger partial charge in [-0.05, 0) is 5.56 Å². The lowest BCUT2D eigenvalue weighted by atomic mass is 10.1. The van der Waals surface area contributed by atoms with Gasteiger partial charge in [0.15, 0.2) is 0 Å². The number of benzene rings is 1. The molecule has 0 aromatic heterocycles. The molecule has 1 atom stereocenters. The van der Waals surface area contributed by atoms with E-state index in [1.54, 1.807) is 0 Å². The Hall–Kier alpha value is -0.390. The first-order valence-electron chi connectivity index (χ1n) is 3.99. The SMILES string of the molecule is O=C(O)[C@H](Cc1ccccc1)N(Br)Br. The number of carbonyl (C=O) groups is 1. The van der Waals surface area contributed by atoms with Gasteiger partial charge < -0.3 is 5.11 Å². The molecule has 0 spiro atoms. The van der Waals surface area contributed by atoms with E-state index in [4.69, 9.17) is 5.11 Å². The first kappa shape index (κ1) is 11.7. The number of rotatable bonds is 4. The van der Waals surface area contributed by atoms with Crippen LogP contribution in [0.3, 0.4) is 0 Å². The van der Waals surface area contributed by atoms with E-state index in [9.17, 15) is 4.79 Å². The number of hydrogen-bond acceptors (Lipinski definition) is 2. The largest absolute Gasteiger partial charge is 0.480 e. The summed E-state index contributed by atoms with van der Waals surface area (Å²) in [5, 5.41) is 8.90. The highest BCUT2D eigenvalue weighted by Gasteiger charge is 2.22. The van der Waals surface area contributed by atoms with Crippen molar-refractivity contribution in [3.63, 3.8) is 0 Å². The predicted octanol–water partition coefficient (Wildman–Crippen LogP) is 2.60. The molecular weight excluding hydrogens is 314 g/mol. The molecule has 76 valence electrons. The van der Waals surface area contributed by atoms with Crippen LogP contribution in [0.25, 0.3) is 0 Å². The number of aliphatic carboxylic acids is 1. The summed E-state index contributed by atoms with van der Waals surface area (Å²) in [6.45, 7) is 0. The fraction of sp³-hybridized carbons (Fsp3) is 0.222. The molecule has 1 aromatic carbocycles. The molecule has 0 unspecified atom stereocenters. The van der Waals surface area contributed by atoms with Gasteiger partial charge in [0.2, 0.25) is 0 Å². The van der Waals surface area contributed by atoms with Gasteiger partial charge in [-0.3, -0.25) is 4.79 Å². The van der Waals surface area contributed by atoms with Gasteiger partial charge in [0.1, 0.15) is 6.04 Å². The van der Waals surface area contributed by atoms with Crippen LogP contribution in [0, 0.1) is 0 Å². The lowest BCUT2D eigenvalue weighted by Crippen LogP contribution is -2.30. The fourth-order valence-electron chi connectivity index (χ4n) is 1.08. The summed E-state index contributed by atoms with van der Waals surface area (Å²) in [6.07, 6.45) is 0.451. The molecule has 5 heteroatoms. The Morgan fingerprint density at radius 1 is 1.36 bits per heavy atom.